The number of carbonyl (C=O) groups is 3. The lowest BCUT2D eigenvalue weighted by atomic mass is 9.95. The van der Waals surface area contributed by atoms with Crippen LogP contribution in [0.1, 0.15) is 28.9 Å². The van der Waals surface area contributed by atoms with E-state index in [0.29, 0.717) is 22.1 Å². The third-order valence-electron chi connectivity index (χ3n) is 4.79. The Morgan fingerprint density at radius 2 is 1.61 bits per heavy atom. The second kappa shape index (κ2) is 10.7. The SMILES string of the molecule is CCOC(=O)C1=C(COC(=O)c2cc(OC)cc(OC)c2)NC(=O)N[C@@H]1c1ccc(Cl)cc1. The van der Waals surface area contributed by atoms with Crippen LogP contribution < -0.4 is 20.1 Å². The maximum atomic E-state index is 12.8. The number of esters is 2. The molecule has 0 saturated heterocycles. The van der Waals surface area contributed by atoms with Crippen LogP contribution >= 0.6 is 11.6 Å². The van der Waals surface area contributed by atoms with Crippen LogP contribution in [0.5, 0.6) is 11.5 Å². The van der Waals surface area contributed by atoms with E-state index < -0.39 is 24.0 Å². The number of benzene rings is 2. The van der Waals surface area contributed by atoms with Crippen molar-refractivity contribution in [3.05, 3.63) is 69.9 Å². The summed E-state index contributed by atoms with van der Waals surface area (Å²) in [4.78, 5) is 37.8. The highest BCUT2D eigenvalue weighted by Gasteiger charge is 2.34. The van der Waals surface area contributed by atoms with Crippen LogP contribution in [0.15, 0.2) is 53.7 Å². The summed E-state index contributed by atoms with van der Waals surface area (Å²) in [6.45, 7) is 1.42. The Hall–Kier alpha value is -3.72. The molecule has 0 saturated carbocycles. The van der Waals surface area contributed by atoms with Crippen LogP contribution in [0.3, 0.4) is 0 Å². The number of hydrogen-bond donors (Lipinski definition) is 2. The maximum absolute atomic E-state index is 12.8. The molecule has 1 atom stereocenters. The smallest absolute Gasteiger partial charge is 0.338 e. The number of rotatable bonds is 8. The molecule has 1 aliphatic heterocycles. The number of methoxy groups -OCH3 is 2. The minimum absolute atomic E-state index is 0.111. The Morgan fingerprint density at radius 3 is 2.18 bits per heavy atom. The lowest BCUT2D eigenvalue weighted by Crippen LogP contribution is -2.47. The summed E-state index contributed by atoms with van der Waals surface area (Å²) in [5.41, 5.74) is 1.02. The minimum atomic E-state index is -0.819. The normalized spacial score (nSPS) is 15.3. The monoisotopic (exact) mass is 474 g/mol. The van der Waals surface area contributed by atoms with Gasteiger partial charge in [0.1, 0.15) is 18.1 Å². The Bertz CT molecular complexity index is 1060. The molecule has 0 fully saturated rings. The lowest BCUT2D eigenvalue weighted by molar-refractivity contribution is -0.139. The molecule has 1 aliphatic rings. The van der Waals surface area contributed by atoms with E-state index in [1.165, 1.54) is 26.4 Å². The largest absolute Gasteiger partial charge is 0.497 e. The predicted molar refractivity (Wildman–Crippen MR) is 119 cm³/mol. The second-order valence-electron chi connectivity index (χ2n) is 6.87. The van der Waals surface area contributed by atoms with Crippen LogP contribution in [0, 0.1) is 0 Å². The van der Waals surface area contributed by atoms with Crippen molar-refractivity contribution < 1.29 is 33.3 Å². The van der Waals surface area contributed by atoms with Gasteiger partial charge < -0.3 is 29.6 Å². The summed E-state index contributed by atoms with van der Waals surface area (Å²) >= 11 is 5.96. The zero-order chi connectivity index (χ0) is 24.0. The van der Waals surface area contributed by atoms with Gasteiger partial charge in [0.25, 0.3) is 0 Å². The van der Waals surface area contributed by atoms with Gasteiger partial charge in [-0.3, -0.25) is 0 Å². The van der Waals surface area contributed by atoms with Crippen molar-refractivity contribution in [2.24, 2.45) is 0 Å². The molecule has 0 aromatic heterocycles. The lowest BCUT2D eigenvalue weighted by Gasteiger charge is -2.29. The number of halogens is 1. The van der Waals surface area contributed by atoms with Crippen LogP contribution in [0.25, 0.3) is 0 Å². The zero-order valence-electron chi connectivity index (χ0n) is 18.3. The third-order valence-corrected chi connectivity index (χ3v) is 5.04. The molecule has 0 bridgehead atoms. The molecule has 10 heteroatoms. The van der Waals surface area contributed by atoms with Crippen molar-refractivity contribution in [2.75, 3.05) is 27.4 Å². The van der Waals surface area contributed by atoms with E-state index in [4.69, 9.17) is 30.5 Å². The molecule has 2 aromatic carbocycles. The molecular weight excluding hydrogens is 452 g/mol. The molecule has 0 radical (unpaired) electrons. The maximum Gasteiger partial charge on any atom is 0.338 e. The Morgan fingerprint density at radius 1 is 0.970 bits per heavy atom. The first-order valence-corrected chi connectivity index (χ1v) is 10.4. The van der Waals surface area contributed by atoms with Crippen molar-refractivity contribution in [3.63, 3.8) is 0 Å². The van der Waals surface area contributed by atoms with Gasteiger partial charge in [-0.1, -0.05) is 23.7 Å². The van der Waals surface area contributed by atoms with Gasteiger partial charge in [0.15, 0.2) is 0 Å². The van der Waals surface area contributed by atoms with Crippen LogP contribution in [0.4, 0.5) is 4.79 Å². The van der Waals surface area contributed by atoms with Crippen molar-refractivity contribution in [1.82, 2.24) is 10.6 Å². The molecule has 2 amide bonds. The number of amides is 2. The fourth-order valence-corrected chi connectivity index (χ4v) is 3.36. The molecule has 2 aromatic rings. The standard InChI is InChI=1S/C23H23ClN2O7/c1-4-32-22(28)19-18(25-23(29)26-20(19)13-5-7-15(24)8-6-13)12-33-21(27)14-9-16(30-2)11-17(10-14)31-3/h5-11,20H,4,12H2,1-3H3,(H2,25,26,29)/t20-/m1/s1. The highest BCUT2D eigenvalue weighted by molar-refractivity contribution is 6.30. The topological polar surface area (TPSA) is 112 Å². The van der Waals surface area contributed by atoms with Gasteiger partial charge in [0.05, 0.1) is 43.7 Å². The summed E-state index contributed by atoms with van der Waals surface area (Å²) in [5.74, 6) is -0.533. The third kappa shape index (κ3) is 5.75. The quantitative estimate of drug-likeness (QED) is 0.564. The Labute approximate surface area is 195 Å². The molecule has 1 heterocycles. The average Bonchev–Trinajstić information content (AvgIpc) is 2.82. The van der Waals surface area contributed by atoms with Gasteiger partial charge in [-0.05, 0) is 36.8 Å². The average molecular weight is 475 g/mol. The summed E-state index contributed by atoms with van der Waals surface area (Å²) in [6.07, 6.45) is 0. The molecule has 33 heavy (non-hydrogen) atoms. The molecule has 0 unspecified atom stereocenters. The first-order chi connectivity index (χ1) is 15.9. The van der Waals surface area contributed by atoms with Crippen LogP contribution in [0.2, 0.25) is 5.02 Å². The van der Waals surface area contributed by atoms with E-state index in [-0.39, 0.29) is 30.0 Å². The first kappa shape index (κ1) is 23.9. The van der Waals surface area contributed by atoms with Crippen LogP contribution in [-0.2, 0) is 14.3 Å². The molecule has 0 aliphatic carbocycles. The van der Waals surface area contributed by atoms with E-state index >= 15 is 0 Å². The van der Waals surface area contributed by atoms with Gasteiger partial charge in [-0.25, -0.2) is 14.4 Å². The molecule has 9 nitrogen and oxygen atoms in total. The number of urea groups is 1. The summed E-state index contributed by atoms with van der Waals surface area (Å²) in [6, 6.07) is 9.87. The van der Waals surface area contributed by atoms with E-state index in [1.54, 1.807) is 37.3 Å². The van der Waals surface area contributed by atoms with Crippen molar-refractivity contribution in [3.8, 4) is 11.5 Å². The predicted octanol–water partition coefficient (Wildman–Crippen LogP) is 3.39. The molecule has 2 N–H and O–H groups in total. The number of carbonyl (C=O) groups excluding carboxylic acids is 3. The molecule has 3 rings (SSSR count). The van der Waals surface area contributed by atoms with E-state index in [9.17, 15) is 14.4 Å². The molecule has 0 spiro atoms. The Kier molecular flexibility index (Phi) is 7.78. The van der Waals surface area contributed by atoms with Gasteiger partial charge >= 0.3 is 18.0 Å². The van der Waals surface area contributed by atoms with E-state index in [2.05, 4.69) is 10.6 Å². The highest BCUT2D eigenvalue weighted by atomic mass is 35.5. The molecular formula is C23H23ClN2O7. The number of ether oxygens (including phenoxy) is 4. The van der Waals surface area contributed by atoms with Gasteiger partial charge in [-0.15, -0.1) is 0 Å². The van der Waals surface area contributed by atoms with Gasteiger partial charge in [-0.2, -0.15) is 0 Å². The summed E-state index contributed by atoms with van der Waals surface area (Å²) in [5, 5.41) is 5.74. The first-order valence-electron chi connectivity index (χ1n) is 9.99. The van der Waals surface area contributed by atoms with Gasteiger partial charge in [0.2, 0.25) is 0 Å². The van der Waals surface area contributed by atoms with Crippen molar-refractivity contribution in [1.29, 1.82) is 0 Å². The summed E-state index contributed by atoms with van der Waals surface area (Å²) < 4.78 is 20.9. The van der Waals surface area contributed by atoms with Crippen LogP contribution in [-0.4, -0.2) is 45.4 Å². The number of hydrogen-bond acceptors (Lipinski definition) is 7. The fraction of sp³-hybridized carbons (Fsp3) is 0.261. The molecule has 174 valence electrons. The minimum Gasteiger partial charge on any atom is -0.497 e. The van der Waals surface area contributed by atoms with E-state index in [0.717, 1.165) is 0 Å². The Balaban J connectivity index is 1.92. The van der Waals surface area contributed by atoms with Crippen molar-refractivity contribution >= 4 is 29.6 Å². The van der Waals surface area contributed by atoms with Crippen molar-refractivity contribution in [2.45, 2.75) is 13.0 Å². The number of nitrogens with one attached hydrogen (secondary N) is 2. The van der Waals surface area contributed by atoms with E-state index in [1.807, 2.05) is 0 Å². The zero-order valence-corrected chi connectivity index (χ0v) is 19.0. The summed E-state index contributed by atoms with van der Waals surface area (Å²) in [7, 11) is 2.92. The highest BCUT2D eigenvalue weighted by Crippen LogP contribution is 2.29. The van der Waals surface area contributed by atoms with Gasteiger partial charge in [0, 0.05) is 11.1 Å². The fourth-order valence-electron chi connectivity index (χ4n) is 3.23. The second-order valence-corrected chi connectivity index (χ2v) is 7.31.